The van der Waals surface area contributed by atoms with E-state index in [0.717, 1.165) is 35.3 Å². The van der Waals surface area contributed by atoms with Crippen molar-refractivity contribution in [2.75, 3.05) is 5.32 Å². The van der Waals surface area contributed by atoms with E-state index in [9.17, 15) is 4.79 Å². The molecule has 1 amide bonds. The topological polar surface area (TPSA) is 59.8 Å². The Kier molecular flexibility index (Phi) is 3.76. The molecule has 0 atom stereocenters. The van der Waals surface area contributed by atoms with Gasteiger partial charge in [0.15, 0.2) is 5.82 Å². The maximum absolute atomic E-state index is 12.8. The van der Waals surface area contributed by atoms with Crippen LogP contribution in [0.5, 0.6) is 0 Å². The van der Waals surface area contributed by atoms with Crippen LogP contribution in [-0.4, -0.2) is 20.7 Å². The van der Waals surface area contributed by atoms with Gasteiger partial charge in [-0.05, 0) is 67.5 Å². The molecule has 1 aliphatic carbocycles. The van der Waals surface area contributed by atoms with E-state index in [1.54, 1.807) is 16.9 Å². The lowest BCUT2D eigenvalue weighted by Gasteiger charge is -2.11. The first-order valence-electron chi connectivity index (χ1n) is 9.45. The molecule has 5 nitrogen and oxygen atoms in total. The van der Waals surface area contributed by atoms with Crippen LogP contribution in [0, 0.1) is 13.8 Å². The van der Waals surface area contributed by atoms with Crippen molar-refractivity contribution in [3.8, 4) is 5.82 Å². The van der Waals surface area contributed by atoms with Gasteiger partial charge in [0.25, 0.3) is 5.91 Å². The molecule has 4 aromatic rings. The van der Waals surface area contributed by atoms with Crippen LogP contribution in [-0.2, 0) is 12.8 Å². The van der Waals surface area contributed by atoms with Crippen molar-refractivity contribution in [1.82, 2.24) is 14.8 Å². The van der Waals surface area contributed by atoms with Crippen LogP contribution in [0.15, 0.2) is 54.7 Å². The number of hydrogen-bond donors (Lipinski definition) is 1. The molecule has 138 valence electrons. The van der Waals surface area contributed by atoms with Crippen molar-refractivity contribution in [3.05, 3.63) is 82.8 Å². The zero-order valence-electron chi connectivity index (χ0n) is 15.9. The molecule has 0 unspecified atom stereocenters. The van der Waals surface area contributed by atoms with Crippen molar-refractivity contribution in [3.63, 3.8) is 0 Å². The first-order valence-corrected chi connectivity index (χ1v) is 9.45. The highest BCUT2D eigenvalue weighted by Gasteiger charge is 2.17. The summed E-state index contributed by atoms with van der Waals surface area (Å²) in [5.74, 6) is 0.540. The fraction of sp³-hybridized carbons (Fsp3) is 0.174. The van der Waals surface area contributed by atoms with Crippen molar-refractivity contribution in [1.29, 1.82) is 0 Å². The number of hydrogen-bond acceptors (Lipinski definition) is 3. The van der Waals surface area contributed by atoms with E-state index in [2.05, 4.69) is 39.7 Å². The third kappa shape index (κ3) is 2.67. The lowest BCUT2D eigenvalue weighted by Crippen LogP contribution is -2.13. The number of aromatic nitrogens is 3. The molecular formula is C23H20N4O. The summed E-state index contributed by atoms with van der Waals surface area (Å²) in [6.45, 7) is 3.93. The van der Waals surface area contributed by atoms with Crippen LogP contribution in [0.4, 0.5) is 5.69 Å². The van der Waals surface area contributed by atoms with Crippen molar-refractivity contribution < 1.29 is 4.79 Å². The molecule has 1 aliphatic rings. The Morgan fingerprint density at radius 2 is 1.86 bits per heavy atom. The number of aryl methyl sites for hydroxylation is 4. The summed E-state index contributed by atoms with van der Waals surface area (Å²) in [4.78, 5) is 17.2. The summed E-state index contributed by atoms with van der Waals surface area (Å²) in [5, 5.41) is 9.88. The van der Waals surface area contributed by atoms with Gasteiger partial charge in [-0.25, -0.2) is 9.67 Å². The highest BCUT2D eigenvalue weighted by Crippen LogP contribution is 2.35. The number of nitrogens with one attached hydrogen (secondary N) is 1. The van der Waals surface area contributed by atoms with Crippen molar-refractivity contribution >= 4 is 22.4 Å². The van der Waals surface area contributed by atoms with Crippen LogP contribution in [0.25, 0.3) is 16.6 Å². The molecule has 5 rings (SSSR count). The second-order valence-corrected chi connectivity index (χ2v) is 7.31. The Morgan fingerprint density at radius 3 is 2.57 bits per heavy atom. The Morgan fingerprint density at radius 1 is 1.04 bits per heavy atom. The number of pyridine rings is 1. The molecule has 28 heavy (non-hydrogen) atoms. The van der Waals surface area contributed by atoms with Crippen LogP contribution in [0.3, 0.4) is 0 Å². The van der Waals surface area contributed by atoms with Gasteiger partial charge in [-0.1, -0.05) is 24.3 Å². The number of anilines is 1. The lowest BCUT2D eigenvalue weighted by molar-refractivity contribution is 0.102. The lowest BCUT2D eigenvalue weighted by atomic mass is 10.0. The second kappa shape index (κ2) is 6.30. The standard InChI is InChI=1S/C23H20N4O/c1-14-12-15(2)27(26-14)21-11-9-18(13-24-21)23(28)25-20-10-8-17-7-6-16-4-3-5-19(20)22(16)17/h3-5,8-13H,6-7H2,1-2H3,(H,25,28). The number of rotatable bonds is 3. The number of carbonyl (C=O) groups is 1. The Balaban J connectivity index is 1.44. The monoisotopic (exact) mass is 368 g/mol. The molecule has 0 fully saturated rings. The molecule has 5 heteroatoms. The first kappa shape index (κ1) is 16.7. The third-order valence-electron chi connectivity index (χ3n) is 5.36. The molecule has 0 bridgehead atoms. The molecule has 0 saturated heterocycles. The molecule has 2 aromatic heterocycles. The zero-order chi connectivity index (χ0) is 19.3. The van der Waals surface area contributed by atoms with Crippen LogP contribution in [0.2, 0.25) is 0 Å². The average molecular weight is 368 g/mol. The summed E-state index contributed by atoms with van der Waals surface area (Å²) in [7, 11) is 0. The summed E-state index contributed by atoms with van der Waals surface area (Å²) in [6, 6.07) is 16.0. The third-order valence-corrected chi connectivity index (χ3v) is 5.36. The minimum atomic E-state index is -0.161. The van der Waals surface area contributed by atoms with Gasteiger partial charge < -0.3 is 5.32 Å². The van der Waals surface area contributed by atoms with E-state index >= 15 is 0 Å². The van der Waals surface area contributed by atoms with Gasteiger partial charge in [0.05, 0.1) is 11.3 Å². The summed E-state index contributed by atoms with van der Waals surface area (Å²) >= 11 is 0. The minimum absolute atomic E-state index is 0.161. The van der Waals surface area contributed by atoms with Crippen LogP contribution >= 0.6 is 0 Å². The molecular weight excluding hydrogens is 348 g/mol. The van der Waals surface area contributed by atoms with Crippen LogP contribution in [0.1, 0.15) is 32.9 Å². The molecule has 2 heterocycles. The Labute approximate surface area is 163 Å². The highest BCUT2D eigenvalue weighted by molar-refractivity contribution is 6.10. The van der Waals surface area contributed by atoms with E-state index in [4.69, 9.17) is 0 Å². The fourth-order valence-electron chi connectivity index (χ4n) is 4.06. The fourth-order valence-corrected chi connectivity index (χ4v) is 4.06. The summed E-state index contributed by atoms with van der Waals surface area (Å²) in [5.41, 5.74) is 6.03. The Hall–Kier alpha value is -3.47. The van der Waals surface area contributed by atoms with Crippen molar-refractivity contribution in [2.45, 2.75) is 26.7 Å². The molecule has 0 radical (unpaired) electrons. The Bertz CT molecular complexity index is 1210. The van der Waals surface area contributed by atoms with Gasteiger partial charge in [-0.15, -0.1) is 0 Å². The molecule has 2 aromatic carbocycles. The number of carbonyl (C=O) groups excluding carboxylic acids is 1. The van der Waals surface area contributed by atoms with E-state index in [-0.39, 0.29) is 5.91 Å². The maximum Gasteiger partial charge on any atom is 0.257 e. The van der Waals surface area contributed by atoms with E-state index < -0.39 is 0 Å². The highest BCUT2D eigenvalue weighted by atomic mass is 16.1. The smallest absolute Gasteiger partial charge is 0.257 e. The normalized spacial score (nSPS) is 12.5. The zero-order valence-corrected chi connectivity index (χ0v) is 15.9. The predicted molar refractivity (Wildman–Crippen MR) is 110 cm³/mol. The summed E-state index contributed by atoms with van der Waals surface area (Å²) < 4.78 is 1.78. The SMILES string of the molecule is Cc1cc(C)n(-c2ccc(C(=O)Nc3ccc4c5c(cccc35)CC4)cn2)n1. The van der Waals surface area contributed by atoms with Crippen LogP contribution < -0.4 is 5.32 Å². The van der Waals surface area contributed by atoms with Gasteiger partial charge in [0, 0.05) is 23.0 Å². The quantitative estimate of drug-likeness (QED) is 0.583. The van der Waals surface area contributed by atoms with E-state index in [0.29, 0.717) is 11.4 Å². The van der Waals surface area contributed by atoms with E-state index in [1.165, 1.54) is 16.5 Å². The van der Waals surface area contributed by atoms with Crippen molar-refractivity contribution in [2.24, 2.45) is 0 Å². The first-order chi connectivity index (χ1) is 13.6. The molecule has 0 aliphatic heterocycles. The number of benzene rings is 2. The van der Waals surface area contributed by atoms with E-state index in [1.807, 2.05) is 32.0 Å². The minimum Gasteiger partial charge on any atom is -0.321 e. The molecule has 0 saturated carbocycles. The molecule has 1 N–H and O–H groups in total. The van der Waals surface area contributed by atoms with Gasteiger partial charge >= 0.3 is 0 Å². The largest absolute Gasteiger partial charge is 0.321 e. The summed E-state index contributed by atoms with van der Waals surface area (Å²) in [6.07, 6.45) is 3.74. The maximum atomic E-state index is 12.8. The van der Waals surface area contributed by atoms with Gasteiger partial charge in [0.2, 0.25) is 0 Å². The van der Waals surface area contributed by atoms with Gasteiger partial charge in [-0.2, -0.15) is 5.10 Å². The molecule has 0 spiro atoms. The predicted octanol–water partition coefficient (Wildman–Crippen LogP) is 4.39. The number of nitrogens with zero attached hydrogens (tertiary/aromatic N) is 3. The average Bonchev–Trinajstić information content (AvgIpc) is 3.28. The van der Waals surface area contributed by atoms with Gasteiger partial charge in [0.1, 0.15) is 0 Å². The second-order valence-electron chi connectivity index (χ2n) is 7.31. The number of amides is 1. The van der Waals surface area contributed by atoms with Gasteiger partial charge in [-0.3, -0.25) is 4.79 Å².